The zero-order valence-corrected chi connectivity index (χ0v) is 12.1. The van der Waals surface area contributed by atoms with Crippen molar-refractivity contribution in [3.05, 3.63) is 22.4 Å². The van der Waals surface area contributed by atoms with E-state index >= 15 is 0 Å². The summed E-state index contributed by atoms with van der Waals surface area (Å²) in [5, 5.41) is 2.02. The van der Waals surface area contributed by atoms with Crippen molar-refractivity contribution < 1.29 is 4.79 Å². The molecule has 1 amide bonds. The van der Waals surface area contributed by atoms with Crippen molar-refractivity contribution in [2.75, 3.05) is 7.05 Å². The molecule has 1 aromatic rings. The van der Waals surface area contributed by atoms with Crippen LogP contribution < -0.4 is 5.73 Å². The molecule has 1 aromatic heterocycles. The predicted octanol–water partition coefficient (Wildman–Crippen LogP) is 2.47. The first-order valence-electron chi connectivity index (χ1n) is 5.73. The van der Waals surface area contributed by atoms with Gasteiger partial charge in [0.05, 0.1) is 12.0 Å². The SMILES string of the molecule is CN(Cc1cccs1)C(=O)C(C)(C)C(C)(C)N. The van der Waals surface area contributed by atoms with Crippen molar-refractivity contribution in [3.8, 4) is 0 Å². The highest BCUT2D eigenvalue weighted by Gasteiger charge is 2.41. The largest absolute Gasteiger partial charge is 0.340 e. The van der Waals surface area contributed by atoms with Crippen LogP contribution in [0.15, 0.2) is 17.5 Å². The molecule has 1 heterocycles. The molecular weight excluding hydrogens is 232 g/mol. The van der Waals surface area contributed by atoms with Crippen molar-refractivity contribution in [2.24, 2.45) is 11.1 Å². The van der Waals surface area contributed by atoms with Gasteiger partial charge in [0.1, 0.15) is 0 Å². The van der Waals surface area contributed by atoms with E-state index in [1.54, 1.807) is 16.2 Å². The van der Waals surface area contributed by atoms with Crippen LogP contribution in [0.3, 0.4) is 0 Å². The summed E-state index contributed by atoms with van der Waals surface area (Å²) in [5.74, 6) is 0.0819. The summed E-state index contributed by atoms with van der Waals surface area (Å²) in [5.41, 5.74) is 4.98. The maximum absolute atomic E-state index is 12.4. The van der Waals surface area contributed by atoms with Crippen LogP contribution in [0, 0.1) is 5.41 Å². The van der Waals surface area contributed by atoms with Gasteiger partial charge in [0.2, 0.25) is 5.91 Å². The van der Waals surface area contributed by atoms with E-state index in [0.29, 0.717) is 6.54 Å². The molecule has 0 spiro atoms. The van der Waals surface area contributed by atoms with E-state index in [-0.39, 0.29) is 5.91 Å². The Labute approximate surface area is 108 Å². The zero-order chi connectivity index (χ0) is 13.3. The average Bonchev–Trinajstić information content (AvgIpc) is 2.67. The molecular formula is C13H22N2OS. The Balaban J connectivity index is 2.76. The van der Waals surface area contributed by atoms with Crippen molar-refractivity contribution >= 4 is 17.2 Å². The number of rotatable bonds is 4. The summed E-state index contributed by atoms with van der Waals surface area (Å²) in [6, 6.07) is 4.03. The fourth-order valence-electron chi connectivity index (χ4n) is 1.46. The molecule has 0 atom stereocenters. The fourth-order valence-corrected chi connectivity index (χ4v) is 2.22. The molecule has 96 valence electrons. The molecule has 0 unspecified atom stereocenters. The normalized spacial score (nSPS) is 12.6. The van der Waals surface area contributed by atoms with Gasteiger partial charge in [-0.15, -0.1) is 11.3 Å². The lowest BCUT2D eigenvalue weighted by atomic mass is 9.74. The maximum atomic E-state index is 12.4. The van der Waals surface area contributed by atoms with E-state index < -0.39 is 11.0 Å². The highest BCUT2D eigenvalue weighted by Crippen LogP contribution is 2.30. The molecule has 2 N–H and O–H groups in total. The molecule has 1 rings (SSSR count). The van der Waals surface area contributed by atoms with Gasteiger partial charge in [-0.3, -0.25) is 4.79 Å². The predicted molar refractivity (Wildman–Crippen MR) is 72.8 cm³/mol. The summed E-state index contributed by atoms with van der Waals surface area (Å²) in [7, 11) is 1.83. The van der Waals surface area contributed by atoms with Crippen LogP contribution in [-0.2, 0) is 11.3 Å². The summed E-state index contributed by atoms with van der Waals surface area (Å²) >= 11 is 1.66. The van der Waals surface area contributed by atoms with Crippen LogP contribution in [-0.4, -0.2) is 23.4 Å². The Morgan fingerprint density at radius 1 is 1.41 bits per heavy atom. The molecule has 4 heteroatoms. The topological polar surface area (TPSA) is 46.3 Å². The van der Waals surface area contributed by atoms with Gasteiger partial charge >= 0.3 is 0 Å². The summed E-state index contributed by atoms with van der Waals surface area (Å²) in [4.78, 5) is 15.3. The van der Waals surface area contributed by atoms with Gasteiger partial charge in [-0.1, -0.05) is 6.07 Å². The van der Waals surface area contributed by atoms with Gasteiger partial charge in [-0.2, -0.15) is 0 Å². The molecule has 0 radical (unpaired) electrons. The van der Waals surface area contributed by atoms with Crippen LogP contribution in [0.2, 0.25) is 0 Å². The standard InChI is InChI=1S/C13H22N2OS/c1-12(2,13(3,4)14)11(16)15(5)9-10-7-6-8-17-10/h6-8H,9,14H2,1-5H3. The molecule has 17 heavy (non-hydrogen) atoms. The summed E-state index contributed by atoms with van der Waals surface area (Å²) in [6.45, 7) is 8.24. The van der Waals surface area contributed by atoms with Gasteiger partial charge < -0.3 is 10.6 Å². The Morgan fingerprint density at radius 2 is 2.00 bits per heavy atom. The number of hydrogen-bond acceptors (Lipinski definition) is 3. The molecule has 3 nitrogen and oxygen atoms in total. The van der Waals surface area contributed by atoms with E-state index in [1.165, 1.54) is 4.88 Å². The second-order valence-corrected chi connectivity index (χ2v) is 6.62. The number of carbonyl (C=O) groups is 1. The lowest BCUT2D eigenvalue weighted by Crippen LogP contribution is -2.55. The second-order valence-electron chi connectivity index (χ2n) is 5.59. The lowest BCUT2D eigenvalue weighted by Gasteiger charge is -2.39. The van der Waals surface area contributed by atoms with Gasteiger partial charge in [-0.25, -0.2) is 0 Å². The van der Waals surface area contributed by atoms with Gasteiger partial charge in [-0.05, 0) is 39.1 Å². The van der Waals surface area contributed by atoms with Gasteiger partial charge in [0.25, 0.3) is 0 Å². The third kappa shape index (κ3) is 3.07. The highest BCUT2D eigenvalue weighted by molar-refractivity contribution is 7.09. The first kappa shape index (κ1) is 14.2. The van der Waals surface area contributed by atoms with E-state index in [0.717, 1.165) is 0 Å². The molecule has 0 aromatic carbocycles. The number of thiophene rings is 1. The van der Waals surface area contributed by atoms with Crippen molar-refractivity contribution in [2.45, 2.75) is 39.8 Å². The first-order valence-corrected chi connectivity index (χ1v) is 6.61. The zero-order valence-electron chi connectivity index (χ0n) is 11.3. The quantitative estimate of drug-likeness (QED) is 0.897. The Hall–Kier alpha value is -0.870. The van der Waals surface area contributed by atoms with Crippen molar-refractivity contribution in [3.63, 3.8) is 0 Å². The molecule has 0 aliphatic heterocycles. The third-order valence-corrected chi connectivity index (χ3v) is 4.33. The minimum absolute atomic E-state index is 0.0819. The van der Waals surface area contributed by atoms with Gasteiger partial charge in [0.15, 0.2) is 0 Å². The number of amides is 1. The van der Waals surface area contributed by atoms with E-state index in [4.69, 9.17) is 5.73 Å². The molecule has 0 aliphatic carbocycles. The van der Waals surface area contributed by atoms with E-state index in [2.05, 4.69) is 0 Å². The van der Waals surface area contributed by atoms with E-state index in [1.807, 2.05) is 52.3 Å². The molecule has 0 saturated heterocycles. The molecule has 0 bridgehead atoms. The van der Waals surface area contributed by atoms with E-state index in [9.17, 15) is 4.79 Å². The minimum atomic E-state index is -0.570. The lowest BCUT2D eigenvalue weighted by molar-refractivity contribution is -0.142. The monoisotopic (exact) mass is 254 g/mol. The maximum Gasteiger partial charge on any atom is 0.230 e. The van der Waals surface area contributed by atoms with Crippen molar-refractivity contribution in [1.82, 2.24) is 4.90 Å². The van der Waals surface area contributed by atoms with Crippen LogP contribution in [0.25, 0.3) is 0 Å². The number of nitrogens with two attached hydrogens (primary N) is 1. The molecule has 0 saturated carbocycles. The molecule has 0 fully saturated rings. The number of nitrogens with zero attached hydrogens (tertiary/aromatic N) is 1. The summed E-state index contributed by atoms with van der Waals surface area (Å²) in [6.07, 6.45) is 0. The minimum Gasteiger partial charge on any atom is -0.340 e. The van der Waals surface area contributed by atoms with Crippen LogP contribution in [0.1, 0.15) is 32.6 Å². The Bertz CT molecular complexity index is 377. The highest BCUT2D eigenvalue weighted by atomic mass is 32.1. The second kappa shape index (κ2) is 4.78. The Morgan fingerprint density at radius 3 is 2.41 bits per heavy atom. The first-order chi connectivity index (χ1) is 7.66. The summed E-state index contributed by atoms with van der Waals surface area (Å²) < 4.78 is 0. The van der Waals surface area contributed by atoms with Gasteiger partial charge in [0, 0.05) is 17.5 Å². The third-order valence-electron chi connectivity index (χ3n) is 3.47. The van der Waals surface area contributed by atoms with Crippen LogP contribution in [0.5, 0.6) is 0 Å². The molecule has 0 aliphatic rings. The Kier molecular flexibility index (Phi) is 3.99. The van der Waals surface area contributed by atoms with Crippen LogP contribution in [0.4, 0.5) is 0 Å². The smallest absolute Gasteiger partial charge is 0.230 e. The van der Waals surface area contributed by atoms with Crippen LogP contribution >= 0.6 is 11.3 Å². The fraction of sp³-hybridized carbons (Fsp3) is 0.615. The average molecular weight is 254 g/mol. The number of hydrogen-bond donors (Lipinski definition) is 1. The van der Waals surface area contributed by atoms with Crippen molar-refractivity contribution in [1.29, 1.82) is 0 Å². The number of carbonyl (C=O) groups excluding carboxylic acids is 1.